The number of hydrogen-bond acceptors (Lipinski definition) is 2. The number of pyridine rings is 1. The van der Waals surface area contributed by atoms with E-state index in [2.05, 4.69) is 52.8 Å². The van der Waals surface area contributed by atoms with Gasteiger partial charge in [0.1, 0.15) is 13.7 Å². The lowest BCUT2D eigenvalue weighted by Crippen LogP contribution is -1.87. The van der Waals surface area contributed by atoms with E-state index >= 15 is 0 Å². The summed E-state index contributed by atoms with van der Waals surface area (Å²) in [5.41, 5.74) is 0. The van der Waals surface area contributed by atoms with Gasteiger partial charge < -0.3 is 5.11 Å². The van der Waals surface area contributed by atoms with Crippen LogP contribution < -0.4 is 0 Å². The van der Waals surface area contributed by atoms with Crippen molar-refractivity contribution in [3.8, 4) is 5.75 Å². The summed E-state index contributed by atoms with van der Waals surface area (Å²) >= 11 is 8.67. The van der Waals surface area contributed by atoms with Gasteiger partial charge >= 0.3 is 0 Å². The molecule has 0 spiro atoms. The maximum absolute atomic E-state index is 12.8. The van der Waals surface area contributed by atoms with Crippen LogP contribution in [0, 0.1) is 5.82 Å². The van der Waals surface area contributed by atoms with Gasteiger partial charge in [-0.2, -0.15) is 0 Å². The molecule has 1 rings (SSSR count). The molecular formula is C5HBr3FNO. The van der Waals surface area contributed by atoms with Gasteiger partial charge in [-0.1, -0.05) is 0 Å². The molecule has 1 aromatic heterocycles. The zero-order valence-electron chi connectivity index (χ0n) is 4.91. The molecule has 60 valence electrons. The Morgan fingerprint density at radius 2 is 1.73 bits per heavy atom. The van der Waals surface area contributed by atoms with E-state index in [0.717, 1.165) is 0 Å². The number of nitrogens with zero attached hydrogens (tertiary/aromatic N) is 1. The van der Waals surface area contributed by atoms with Crippen LogP contribution in [0.25, 0.3) is 0 Å². The van der Waals surface area contributed by atoms with Crippen molar-refractivity contribution in [2.24, 2.45) is 0 Å². The first-order valence-electron chi connectivity index (χ1n) is 2.43. The lowest BCUT2D eigenvalue weighted by molar-refractivity contribution is 0.454. The Labute approximate surface area is 87.2 Å². The average Bonchev–Trinajstić information content (AvgIpc) is 1.97. The molecule has 0 atom stereocenters. The van der Waals surface area contributed by atoms with Gasteiger partial charge in [0, 0.05) is 0 Å². The molecule has 11 heavy (non-hydrogen) atoms. The van der Waals surface area contributed by atoms with Gasteiger partial charge in [-0.25, -0.2) is 9.37 Å². The Morgan fingerprint density at radius 1 is 1.18 bits per heavy atom. The molecule has 0 bridgehead atoms. The van der Waals surface area contributed by atoms with E-state index in [1.54, 1.807) is 0 Å². The van der Waals surface area contributed by atoms with Crippen molar-refractivity contribution < 1.29 is 9.50 Å². The fourth-order valence-electron chi connectivity index (χ4n) is 0.473. The van der Waals surface area contributed by atoms with E-state index in [9.17, 15) is 4.39 Å². The Morgan fingerprint density at radius 3 is 2.27 bits per heavy atom. The minimum absolute atomic E-state index is 0.00810. The Hall–Kier alpha value is 0.320. The van der Waals surface area contributed by atoms with Crippen LogP contribution >= 0.6 is 47.8 Å². The fourth-order valence-corrected chi connectivity index (χ4v) is 2.37. The molecule has 0 aliphatic rings. The predicted molar refractivity (Wildman–Crippen MR) is 49.0 cm³/mol. The van der Waals surface area contributed by atoms with E-state index in [1.807, 2.05) is 0 Å². The first kappa shape index (κ1) is 9.41. The lowest BCUT2D eigenvalue weighted by Gasteiger charge is -2.01. The van der Waals surface area contributed by atoms with Crippen LogP contribution in [0.15, 0.2) is 13.7 Å². The molecular weight excluding hydrogens is 349 g/mol. The summed E-state index contributed by atoms with van der Waals surface area (Å²) < 4.78 is 13.1. The van der Waals surface area contributed by atoms with E-state index in [1.165, 1.54) is 0 Å². The van der Waals surface area contributed by atoms with Gasteiger partial charge in [0.25, 0.3) is 0 Å². The quantitative estimate of drug-likeness (QED) is 0.730. The second kappa shape index (κ2) is 3.37. The molecule has 0 unspecified atom stereocenters. The molecule has 0 amide bonds. The van der Waals surface area contributed by atoms with Crippen LogP contribution in [-0.4, -0.2) is 10.1 Å². The minimum Gasteiger partial charge on any atom is -0.504 e. The molecule has 1 N–H and O–H groups in total. The standard InChI is InChI=1S/C5HBr3FNO/c6-1-2(9)4(7)10-5(8)3(1)11/h11H. The highest BCUT2D eigenvalue weighted by Crippen LogP contribution is 2.35. The predicted octanol–water partition coefficient (Wildman–Crippen LogP) is 3.21. The zero-order chi connectivity index (χ0) is 8.59. The molecule has 0 fully saturated rings. The molecule has 0 aliphatic carbocycles. The second-order valence-corrected chi connectivity index (χ2v) is 3.97. The topological polar surface area (TPSA) is 33.1 Å². The molecule has 1 heterocycles. The smallest absolute Gasteiger partial charge is 0.173 e. The maximum Gasteiger partial charge on any atom is 0.173 e. The summed E-state index contributed by atoms with van der Waals surface area (Å²) in [4.78, 5) is 3.61. The second-order valence-electron chi connectivity index (χ2n) is 1.67. The molecule has 1 aromatic rings. The van der Waals surface area contributed by atoms with Gasteiger partial charge in [-0.15, -0.1) is 0 Å². The fraction of sp³-hybridized carbons (Fsp3) is 0. The van der Waals surface area contributed by atoms with E-state index < -0.39 is 5.82 Å². The number of aromatic nitrogens is 1. The normalized spacial score (nSPS) is 10.2. The van der Waals surface area contributed by atoms with Crippen LogP contribution in [0.1, 0.15) is 0 Å². The summed E-state index contributed by atoms with van der Waals surface area (Å²) in [5.74, 6) is -0.864. The number of hydrogen-bond donors (Lipinski definition) is 1. The van der Waals surface area contributed by atoms with Crippen LogP contribution in [-0.2, 0) is 0 Å². The maximum atomic E-state index is 12.8. The molecule has 0 saturated carbocycles. The third-order valence-corrected chi connectivity index (χ3v) is 2.78. The van der Waals surface area contributed by atoms with Crippen molar-refractivity contribution >= 4 is 47.8 Å². The first-order chi connectivity index (χ1) is 5.04. The third kappa shape index (κ3) is 1.73. The van der Waals surface area contributed by atoms with Crippen molar-refractivity contribution in [2.75, 3.05) is 0 Å². The lowest BCUT2D eigenvalue weighted by atomic mass is 10.4. The Bertz CT molecular complexity index is 278. The van der Waals surface area contributed by atoms with E-state index in [4.69, 9.17) is 5.11 Å². The van der Waals surface area contributed by atoms with Crippen LogP contribution in [0.3, 0.4) is 0 Å². The van der Waals surface area contributed by atoms with Gasteiger partial charge in [0.2, 0.25) is 0 Å². The van der Waals surface area contributed by atoms with Gasteiger partial charge in [-0.3, -0.25) is 0 Å². The zero-order valence-corrected chi connectivity index (χ0v) is 9.66. The molecule has 2 nitrogen and oxygen atoms in total. The number of aromatic hydroxyl groups is 1. The first-order valence-corrected chi connectivity index (χ1v) is 4.81. The highest BCUT2D eigenvalue weighted by Gasteiger charge is 2.13. The van der Waals surface area contributed by atoms with Crippen LogP contribution in [0.2, 0.25) is 0 Å². The van der Waals surface area contributed by atoms with Crippen molar-refractivity contribution in [2.45, 2.75) is 0 Å². The monoisotopic (exact) mass is 347 g/mol. The summed E-state index contributed by atoms with van der Waals surface area (Å²) in [6, 6.07) is 0. The highest BCUT2D eigenvalue weighted by atomic mass is 79.9. The van der Waals surface area contributed by atoms with Crippen molar-refractivity contribution in [1.82, 2.24) is 4.98 Å². The summed E-state index contributed by atoms with van der Waals surface area (Å²) in [7, 11) is 0. The molecule has 0 saturated heterocycles. The minimum atomic E-state index is -0.620. The average molecular weight is 350 g/mol. The van der Waals surface area contributed by atoms with Gasteiger partial charge in [0.15, 0.2) is 11.6 Å². The Balaban J connectivity index is 3.46. The Kier molecular flexibility index (Phi) is 2.88. The molecule has 0 radical (unpaired) electrons. The van der Waals surface area contributed by atoms with Gasteiger partial charge in [-0.05, 0) is 47.8 Å². The molecule has 6 heteroatoms. The molecule has 0 aliphatic heterocycles. The molecule has 0 aromatic carbocycles. The van der Waals surface area contributed by atoms with Crippen molar-refractivity contribution in [1.29, 1.82) is 0 Å². The summed E-state index contributed by atoms with van der Waals surface area (Å²) in [5, 5.41) is 9.09. The van der Waals surface area contributed by atoms with Crippen molar-refractivity contribution in [3.05, 3.63) is 19.5 Å². The van der Waals surface area contributed by atoms with Crippen LogP contribution in [0.4, 0.5) is 4.39 Å². The van der Waals surface area contributed by atoms with Gasteiger partial charge in [0.05, 0.1) is 0 Å². The van der Waals surface area contributed by atoms with Crippen LogP contribution in [0.5, 0.6) is 5.75 Å². The third-order valence-electron chi connectivity index (χ3n) is 0.973. The SMILES string of the molecule is Oc1c(Br)nc(Br)c(F)c1Br. The van der Waals surface area contributed by atoms with E-state index in [-0.39, 0.29) is 19.4 Å². The largest absolute Gasteiger partial charge is 0.504 e. The number of rotatable bonds is 0. The van der Waals surface area contributed by atoms with Crippen molar-refractivity contribution in [3.63, 3.8) is 0 Å². The summed E-state index contributed by atoms with van der Waals surface area (Å²) in [6.45, 7) is 0. The summed E-state index contributed by atoms with van der Waals surface area (Å²) in [6.07, 6.45) is 0. The van der Waals surface area contributed by atoms with E-state index in [0.29, 0.717) is 0 Å². The number of halogens is 4. The highest BCUT2D eigenvalue weighted by molar-refractivity contribution is 9.11.